The van der Waals surface area contributed by atoms with Gasteiger partial charge in [-0.25, -0.2) is 0 Å². The molecule has 0 radical (unpaired) electrons. The van der Waals surface area contributed by atoms with E-state index in [4.69, 9.17) is 5.73 Å². The summed E-state index contributed by atoms with van der Waals surface area (Å²) in [6.07, 6.45) is 0. The number of aromatic nitrogens is 2. The highest BCUT2D eigenvalue weighted by Gasteiger charge is 2.08. The Morgan fingerprint density at radius 1 is 1.00 bits per heavy atom. The summed E-state index contributed by atoms with van der Waals surface area (Å²) in [5.74, 6) is 0.805. The molecule has 2 aromatic carbocycles. The maximum absolute atomic E-state index is 6.24. The molecule has 0 spiro atoms. The van der Waals surface area contributed by atoms with Gasteiger partial charge in [0.15, 0.2) is 4.34 Å². The number of nitrogens with zero attached hydrogens (tertiary/aromatic N) is 2. The van der Waals surface area contributed by atoms with Gasteiger partial charge in [-0.3, -0.25) is 0 Å². The van der Waals surface area contributed by atoms with Gasteiger partial charge in [-0.2, -0.15) is 0 Å². The second-order valence-electron chi connectivity index (χ2n) is 4.61. The Morgan fingerprint density at radius 3 is 2.38 bits per heavy atom. The molecule has 0 aliphatic carbocycles. The molecule has 106 valence electrons. The van der Waals surface area contributed by atoms with E-state index in [0.717, 1.165) is 15.7 Å². The molecule has 0 aliphatic heterocycles. The molecule has 0 saturated heterocycles. The van der Waals surface area contributed by atoms with Crippen molar-refractivity contribution in [2.24, 2.45) is 5.73 Å². The van der Waals surface area contributed by atoms with Gasteiger partial charge in [-0.1, -0.05) is 77.7 Å². The van der Waals surface area contributed by atoms with Crippen LogP contribution in [0.5, 0.6) is 0 Å². The quantitative estimate of drug-likeness (QED) is 0.723. The molecule has 0 saturated carbocycles. The SMILES string of the molecule is NC(CSc1nncs1)c1ccc(-c2ccccc2)cc1. The molecule has 1 atom stereocenters. The van der Waals surface area contributed by atoms with Gasteiger partial charge >= 0.3 is 0 Å². The van der Waals surface area contributed by atoms with E-state index in [2.05, 4.69) is 46.6 Å². The van der Waals surface area contributed by atoms with Crippen molar-refractivity contribution in [3.05, 3.63) is 65.7 Å². The third-order valence-electron chi connectivity index (χ3n) is 3.17. The largest absolute Gasteiger partial charge is 0.323 e. The molecule has 1 aromatic heterocycles. The van der Waals surface area contributed by atoms with Gasteiger partial charge in [0.25, 0.3) is 0 Å². The maximum atomic E-state index is 6.24. The summed E-state index contributed by atoms with van der Waals surface area (Å²) in [4.78, 5) is 0. The van der Waals surface area contributed by atoms with Crippen LogP contribution in [0, 0.1) is 0 Å². The van der Waals surface area contributed by atoms with E-state index in [-0.39, 0.29) is 6.04 Å². The first kappa shape index (κ1) is 14.3. The Balaban J connectivity index is 1.66. The van der Waals surface area contributed by atoms with Crippen LogP contribution in [0.25, 0.3) is 11.1 Å². The molecule has 1 heterocycles. The first-order valence-corrected chi connectivity index (χ1v) is 8.49. The van der Waals surface area contributed by atoms with Crippen molar-refractivity contribution in [3.8, 4) is 11.1 Å². The lowest BCUT2D eigenvalue weighted by atomic mass is 10.0. The van der Waals surface area contributed by atoms with Crippen molar-refractivity contribution in [3.63, 3.8) is 0 Å². The maximum Gasteiger partial charge on any atom is 0.174 e. The van der Waals surface area contributed by atoms with E-state index in [1.54, 1.807) is 28.6 Å². The lowest BCUT2D eigenvalue weighted by molar-refractivity contribution is 0.830. The van der Waals surface area contributed by atoms with Gasteiger partial charge in [0, 0.05) is 11.8 Å². The minimum atomic E-state index is 0.00345. The molecule has 3 rings (SSSR count). The predicted octanol–water partition coefficient (Wildman–Crippen LogP) is 4.00. The van der Waals surface area contributed by atoms with Crippen LogP contribution in [0.1, 0.15) is 11.6 Å². The van der Waals surface area contributed by atoms with E-state index in [1.165, 1.54) is 11.1 Å². The lowest BCUT2D eigenvalue weighted by Gasteiger charge is -2.11. The average Bonchev–Trinajstić information content (AvgIpc) is 3.07. The third-order valence-corrected chi connectivity index (χ3v) is 5.15. The molecule has 2 N–H and O–H groups in total. The van der Waals surface area contributed by atoms with E-state index < -0.39 is 0 Å². The van der Waals surface area contributed by atoms with Crippen molar-refractivity contribution in [1.29, 1.82) is 0 Å². The van der Waals surface area contributed by atoms with Crippen LogP contribution in [0.4, 0.5) is 0 Å². The topological polar surface area (TPSA) is 51.8 Å². The van der Waals surface area contributed by atoms with Gasteiger partial charge in [-0.05, 0) is 16.7 Å². The zero-order valence-corrected chi connectivity index (χ0v) is 13.0. The van der Waals surface area contributed by atoms with Crippen LogP contribution >= 0.6 is 23.1 Å². The number of hydrogen-bond donors (Lipinski definition) is 1. The standard InChI is InChI=1S/C16H15N3S2/c17-15(10-20-16-19-18-11-21-16)14-8-6-13(7-9-14)12-4-2-1-3-5-12/h1-9,11,15H,10,17H2. The normalized spacial score (nSPS) is 12.2. The first-order valence-electron chi connectivity index (χ1n) is 6.63. The Labute approximate surface area is 132 Å². The zero-order chi connectivity index (χ0) is 14.5. The van der Waals surface area contributed by atoms with Crippen molar-refractivity contribution >= 4 is 23.1 Å². The molecular formula is C16H15N3S2. The van der Waals surface area contributed by atoms with Crippen molar-refractivity contribution in [2.75, 3.05) is 5.75 Å². The number of rotatable bonds is 5. The smallest absolute Gasteiger partial charge is 0.174 e. The minimum Gasteiger partial charge on any atom is -0.323 e. The van der Waals surface area contributed by atoms with Crippen LogP contribution in [0.15, 0.2) is 64.4 Å². The summed E-state index contributed by atoms with van der Waals surface area (Å²) in [5.41, 5.74) is 11.6. The summed E-state index contributed by atoms with van der Waals surface area (Å²) in [7, 11) is 0. The van der Waals surface area contributed by atoms with Crippen LogP contribution in [-0.4, -0.2) is 16.0 Å². The highest BCUT2D eigenvalue weighted by molar-refractivity contribution is 8.01. The predicted molar refractivity (Wildman–Crippen MR) is 89.4 cm³/mol. The molecule has 0 bridgehead atoms. The molecule has 0 fully saturated rings. The molecule has 21 heavy (non-hydrogen) atoms. The number of hydrogen-bond acceptors (Lipinski definition) is 5. The van der Waals surface area contributed by atoms with Gasteiger partial charge in [-0.15, -0.1) is 10.2 Å². The van der Waals surface area contributed by atoms with E-state index in [9.17, 15) is 0 Å². The Morgan fingerprint density at radius 2 is 1.71 bits per heavy atom. The molecule has 0 aliphatic rings. The molecule has 5 heteroatoms. The fourth-order valence-electron chi connectivity index (χ4n) is 2.04. The summed E-state index contributed by atoms with van der Waals surface area (Å²) in [6, 6.07) is 18.8. The van der Waals surface area contributed by atoms with Crippen molar-refractivity contribution in [1.82, 2.24) is 10.2 Å². The highest BCUT2D eigenvalue weighted by Crippen LogP contribution is 2.26. The van der Waals surface area contributed by atoms with Crippen molar-refractivity contribution < 1.29 is 0 Å². The van der Waals surface area contributed by atoms with E-state index in [1.807, 2.05) is 18.2 Å². The summed E-state index contributed by atoms with van der Waals surface area (Å²) >= 11 is 3.20. The Kier molecular flexibility index (Phi) is 4.65. The minimum absolute atomic E-state index is 0.00345. The number of thioether (sulfide) groups is 1. The first-order chi connectivity index (χ1) is 10.3. The fraction of sp³-hybridized carbons (Fsp3) is 0.125. The molecular weight excluding hydrogens is 298 g/mol. The van der Waals surface area contributed by atoms with Crippen molar-refractivity contribution in [2.45, 2.75) is 10.4 Å². The number of benzene rings is 2. The summed E-state index contributed by atoms with van der Waals surface area (Å²) < 4.78 is 0.964. The second-order valence-corrected chi connectivity index (χ2v) is 6.71. The molecule has 3 nitrogen and oxygen atoms in total. The second kappa shape index (κ2) is 6.85. The van der Waals surface area contributed by atoms with Crippen LogP contribution in [0.3, 0.4) is 0 Å². The summed E-state index contributed by atoms with van der Waals surface area (Å²) in [6.45, 7) is 0. The van der Waals surface area contributed by atoms with E-state index in [0.29, 0.717) is 0 Å². The molecule has 1 unspecified atom stereocenters. The van der Waals surface area contributed by atoms with Crippen LogP contribution in [0.2, 0.25) is 0 Å². The fourth-order valence-corrected chi connectivity index (χ4v) is 3.54. The number of nitrogens with two attached hydrogens (primary N) is 1. The summed E-state index contributed by atoms with van der Waals surface area (Å²) in [5, 5.41) is 7.84. The Hall–Kier alpha value is -1.69. The van der Waals surface area contributed by atoms with E-state index >= 15 is 0 Å². The average molecular weight is 313 g/mol. The van der Waals surface area contributed by atoms with Gasteiger partial charge in [0.2, 0.25) is 0 Å². The zero-order valence-electron chi connectivity index (χ0n) is 11.3. The molecule has 3 aromatic rings. The van der Waals surface area contributed by atoms with Gasteiger partial charge in [0.1, 0.15) is 5.51 Å². The third kappa shape index (κ3) is 3.69. The monoisotopic (exact) mass is 313 g/mol. The lowest BCUT2D eigenvalue weighted by Crippen LogP contribution is -2.12. The van der Waals surface area contributed by atoms with Crippen LogP contribution < -0.4 is 5.73 Å². The molecule has 0 amide bonds. The Bertz CT molecular complexity index is 667. The van der Waals surface area contributed by atoms with Gasteiger partial charge < -0.3 is 5.73 Å². The highest BCUT2D eigenvalue weighted by atomic mass is 32.2. The van der Waals surface area contributed by atoms with Crippen LogP contribution in [-0.2, 0) is 0 Å². The van der Waals surface area contributed by atoms with Gasteiger partial charge in [0.05, 0.1) is 0 Å².